The number of rotatable bonds is 7. The van der Waals surface area contributed by atoms with Crippen molar-refractivity contribution in [3.63, 3.8) is 0 Å². The molecule has 0 unspecified atom stereocenters. The molecule has 0 aliphatic carbocycles. The topological polar surface area (TPSA) is 89.7 Å². The van der Waals surface area contributed by atoms with Crippen molar-refractivity contribution in [2.75, 3.05) is 6.61 Å². The van der Waals surface area contributed by atoms with E-state index in [1.807, 2.05) is 0 Å². The maximum absolute atomic E-state index is 13.3. The van der Waals surface area contributed by atoms with Crippen molar-refractivity contribution in [2.45, 2.75) is 25.4 Å². The lowest BCUT2D eigenvalue weighted by molar-refractivity contribution is -0.385. The highest BCUT2D eigenvalue weighted by molar-refractivity contribution is 5.76. The van der Waals surface area contributed by atoms with E-state index in [9.17, 15) is 24.4 Å². The van der Waals surface area contributed by atoms with E-state index in [1.165, 1.54) is 6.07 Å². The van der Waals surface area contributed by atoms with Gasteiger partial charge in [-0.1, -0.05) is 30.3 Å². The smallest absolute Gasteiger partial charge is 0.335 e. The number of carbonyl (C=O) groups excluding carboxylic acids is 1. The SMILES string of the molecule is CCOC(=O)[C@@H](O)[C@H](Cc1ccc(F)cc1[N+](=O)[O-])c1ccccc1. The zero-order valence-corrected chi connectivity index (χ0v) is 13.6. The molecule has 0 saturated heterocycles. The molecule has 132 valence electrons. The first-order valence-electron chi connectivity index (χ1n) is 7.76. The van der Waals surface area contributed by atoms with Gasteiger partial charge in [0.25, 0.3) is 5.69 Å². The van der Waals surface area contributed by atoms with Crippen molar-refractivity contribution >= 4 is 11.7 Å². The molecule has 0 aromatic heterocycles. The fraction of sp³-hybridized carbons (Fsp3) is 0.278. The number of nitro benzene ring substituents is 1. The number of benzene rings is 2. The molecule has 0 heterocycles. The maximum atomic E-state index is 13.3. The van der Waals surface area contributed by atoms with Crippen LogP contribution in [0.3, 0.4) is 0 Å². The zero-order chi connectivity index (χ0) is 18.4. The Balaban J connectivity index is 2.41. The van der Waals surface area contributed by atoms with E-state index in [0.717, 1.165) is 12.1 Å². The van der Waals surface area contributed by atoms with E-state index in [-0.39, 0.29) is 18.6 Å². The Kier molecular flexibility index (Phi) is 6.19. The molecule has 2 atom stereocenters. The average Bonchev–Trinajstić information content (AvgIpc) is 2.61. The quantitative estimate of drug-likeness (QED) is 0.472. The van der Waals surface area contributed by atoms with Crippen LogP contribution in [0.1, 0.15) is 24.0 Å². The molecule has 0 aliphatic rings. The molecule has 7 heteroatoms. The van der Waals surface area contributed by atoms with Crippen LogP contribution in [0, 0.1) is 15.9 Å². The molecule has 0 fully saturated rings. The van der Waals surface area contributed by atoms with E-state index < -0.39 is 34.4 Å². The third-order valence-corrected chi connectivity index (χ3v) is 3.82. The molecule has 0 spiro atoms. The Labute approximate surface area is 144 Å². The van der Waals surface area contributed by atoms with Gasteiger partial charge >= 0.3 is 5.97 Å². The maximum Gasteiger partial charge on any atom is 0.335 e. The molecule has 2 aromatic carbocycles. The van der Waals surface area contributed by atoms with Crippen LogP contribution in [0.4, 0.5) is 10.1 Å². The first-order chi connectivity index (χ1) is 11.9. The fourth-order valence-electron chi connectivity index (χ4n) is 2.62. The number of hydrogen-bond donors (Lipinski definition) is 1. The second kappa shape index (κ2) is 8.34. The average molecular weight is 347 g/mol. The lowest BCUT2D eigenvalue weighted by Gasteiger charge is -2.22. The highest BCUT2D eigenvalue weighted by atomic mass is 19.1. The number of aliphatic hydroxyl groups is 1. The third-order valence-electron chi connectivity index (χ3n) is 3.82. The van der Waals surface area contributed by atoms with Crippen molar-refractivity contribution < 1.29 is 24.0 Å². The molecule has 0 saturated carbocycles. The molecule has 0 radical (unpaired) electrons. The molecule has 2 aromatic rings. The van der Waals surface area contributed by atoms with Crippen LogP contribution >= 0.6 is 0 Å². The van der Waals surface area contributed by atoms with Crippen LogP contribution in [0.15, 0.2) is 48.5 Å². The van der Waals surface area contributed by atoms with Crippen LogP contribution in [0.5, 0.6) is 0 Å². The Morgan fingerprint density at radius 1 is 1.28 bits per heavy atom. The van der Waals surface area contributed by atoms with Gasteiger partial charge in [-0.3, -0.25) is 10.1 Å². The number of halogens is 1. The highest BCUT2D eigenvalue weighted by Crippen LogP contribution is 2.30. The molecular formula is C18H18FNO5. The molecule has 0 bridgehead atoms. The van der Waals surface area contributed by atoms with E-state index in [0.29, 0.717) is 5.56 Å². The Bertz CT molecular complexity index is 750. The minimum Gasteiger partial charge on any atom is -0.464 e. The molecule has 1 N–H and O–H groups in total. The van der Waals surface area contributed by atoms with Crippen molar-refractivity contribution in [1.29, 1.82) is 0 Å². The van der Waals surface area contributed by atoms with Gasteiger partial charge in [0.05, 0.1) is 17.6 Å². The summed E-state index contributed by atoms with van der Waals surface area (Å²) >= 11 is 0. The van der Waals surface area contributed by atoms with Gasteiger partial charge in [-0.25, -0.2) is 9.18 Å². The summed E-state index contributed by atoms with van der Waals surface area (Å²) in [5.41, 5.74) is 0.460. The summed E-state index contributed by atoms with van der Waals surface area (Å²) in [6.07, 6.45) is -1.51. The predicted octanol–water partition coefficient (Wildman–Crippen LogP) is 2.98. The van der Waals surface area contributed by atoms with Gasteiger partial charge in [-0.2, -0.15) is 0 Å². The second-order valence-electron chi connectivity index (χ2n) is 5.45. The first kappa shape index (κ1) is 18.5. The van der Waals surface area contributed by atoms with Gasteiger partial charge in [0, 0.05) is 11.5 Å². The van der Waals surface area contributed by atoms with Crippen LogP contribution in [0.2, 0.25) is 0 Å². The predicted molar refractivity (Wildman–Crippen MR) is 88.6 cm³/mol. The van der Waals surface area contributed by atoms with Crippen molar-refractivity contribution in [1.82, 2.24) is 0 Å². The lowest BCUT2D eigenvalue weighted by atomic mass is 9.87. The zero-order valence-electron chi connectivity index (χ0n) is 13.6. The van der Waals surface area contributed by atoms with Crippen LogP contribution in [-0.2, 0) is 16.0 Å². The molecule has 6 nitrogen and oxygen atoms in total. The number of carbonyl (C=O) groups is 1. The van der Waals surface area contributed by atoms with E-state index in [1.54, 1.807) is 37.3 Å². The minimum atomic E-state index is -1.49. The standard InChI is InChI=1S/C18H18FNO5/c1-2-25-18(22)17(21)15(12-6-4-3-5-7-12)10-13-8-9-14(19)11-16(13)20(23)24/h3-9,11,15,17,21H,2,10H2,1H3/t15-,17+/m1/s1. The Morgan fingerprint density at radius 2 is 1.96 bits per heavy atom. The van der Waals surface area contributed by atoms with Gasteiger partial charge in [0.1, 0.15) is 5.82 Å². The lowest BCUT2D eigenvalue weighted by Crippen LogP contribution is -2.31. The van der Waals surface area contributed by atoms with E-state index >= 15 is 0 Å². The van der Waals surface area contributed by atoms with Gasteiger partial charge in [0.2, 0.25) is 0 Å². The summed E-state index contributed by atoms with van der Waals surface area (Å²) in [6.45, 7) is 1.72. The minimum absolute atomic E-state index is 0.0133. The highest BCUT2D eigenvalue weighted by Gasteiger charge is 2.31. The number of aliphatic hydroxyl groups excluding tert-OH is 1. The van der Waals surface area contributed by atoms with Crippen LogP contribution < -0.4 is 0 Å². The van der Waals surface area contributed by atoms with E-state index in [4.69, 9.17) is 4.74 Å². The van der Waals surface area contributed by atoms with Gasteiger partial charge in [-0.05, 0) is 31.0 Å². The number of esters is 1. The Hall–Kier alpha value is -2.80. The van der Waals surface area contributed by atoms with Gasteiger partial charge in [-0.15, -0.1) is 0 Å². The third kappa shape index (κ3) is 4.60. The number of ether oxygens (including phenoxy) is 1. The first-order valence-corrected chi connectivity index (χ1v) is 7.76. The summed E-state index contributed by atoms with van der Waals surface area (Å²) < 4.78 is 18.2. The number of nitrogens with zero attached hydrogens (tertiary/aromatic N) is 1. The van der Waals surface area contributed by atoms with Crippen molar-refractivity contribution in [3.8, 4) is 0 Å². The van der Waals surface area contributed by atoms with Gasteiger partial charge in [0.15, 0.2) is 6.10 Å². The summed E-state index contributed by atoms with van der Waals surface area (Å²) in [6, 6.07) is 11.9. The van der Waals surface area contributed by atoms with E-state index in [2.05, 4.69) is 0 Å². The summed E-state index contributed by atoms with van der Waals surface area (Å²) in [5, 5.41) is 21.6. The van der Waals surface area contributed by atoms with Crippen molar-refractivity contribution in [2.24, 2.45) is 0 Å². The summed E-state index contributed by atoms with van der Waals surface area (Å²) in [5.74, 6) is -2.29. The number of nitro groups is 1. The fourth-order valence-corrected chi connectivity index (χ4v) is 2.62. The largest absolute Gasteiger partial charge is 0.464 e. The van der Waals surface area contributed by atoms with Crippen molar-refractivity contribution in [3.05, 3.63) is 75.6 Å². The monoisotopic (exact) mass is 347 g/mol. The molecule has 0 amide bonds. The Morgan fingerprint density at radius 3 is 2.56 bits per heavy atom. The normalized spacial score (nSPS) is 13.1. The van der Waals surface area contributed by atoms with Gasteiger partial charge < -0.3 is 9.84 Å². The molecular weight excluding hydrogens is 329 g/mol. The molecule has 25 heavy (non-hydrogen) atoms. The molecule has 2 rings (SSSR count). The summed E-state index contributed by atoms with van der Waals surface area (Å²) in [4.78, 5) is 22.5. The summed E-state index contributed by atoms with van der Waals surface area (Å²) in [7, 11) is 0. The van der Waals surface area contributed by atoms with Crippen LogP contribution in [0.25, 0.3) is 0 Å². The number of hydrogen-bond acceptors (Lipinski definition) is 5. The molecule has 0 aliphatic heterocycles. The van der Waals surface area contributed by atoms with Crippen LogP contribution in [-0.4, -0.2) is 28.7 Å². The second-order valence-corrected chi connectivity index (χ2v) is 5.45.